The molecule has 17 heavy (non-hydrogen) atoms. The second-order valence-electron chi connectivity index (χ2n) is 3.70. The summed E-state index contributed by atoms with van der Waals surface area (Å²) in [5.74, 6) is -0.178. The Labute approximate surface area is 104 Å². The van der Waals surface area contributed by atoms with Crippen molar-refractivity contribution in [2.45, 2.75) is 13.5 Å². The maximum absolute atomic E-state index is 11.4. The van der Waals surface area contributed by atoms with Crippen LogP contribution in [-0.4, -0.2) is 16.7 Å². The third kappa shape index (κ3) is 4.03. The van der Waals surface area contributed by atoms with Crippen LogP contribution in [0.5, 0.6) is 0 Å². The molecule has 1 aromatic rings. The van der Waals surface area contributed by atoms with E-state index in [2.05, 4.69) is 5.32 Å². The standard InChI is InChI=1S/C11H13ClN2O3/c1-8(6-12)11(15)13-7-9-3-2-4-10(5-9)14(16)17/h2-5,8H,6-7H2,1H3,(H,13,15). The van der Waals surface area contributed by atoms with Crippen LogP contribution >= 0.6 is 11.6 Å². The molecule has 0 heterocycles. The van der Waals surface area contributed by atoms with Crippen molar-refractivity contribution in [3.8, 4) is 0 Å². The number of carbonyl (C=O) groups excluding carboxylic acids is 1. The molecule has 0 aromatic heterocycles. The van der Waals surface area contributed by atoms with Crippen LogP contribution in [0, 0.1) is 16.0 Å². The molecule has 1 amide bonds. The summed E-state index contributed by atoms with van der Waals surface area (Å²) in [5, 5.41) is 13.2. The monoisotopic (exact) mass is 256 g/mol. The average Bonchev–Trinajstić information content (AvgIpc) is 2.35. The Hall–Kier alpha value is -1.62. The van der Waals surface area contributed by atoms with Crippen molar-refractivity contribution in [2.24, 2.45) is 5.92 Å². The lowest BCUT2D eigenvalue weighted by Gasteiger charge is -2.08. The highest BCUT2D eigenvalue weighted by molar-refractivity contribution is 6.19. The number of hydrogen-bond donors (Lipinski definition) is 1. The number of alkyl halides is 1. The fourth-order valence-electron chi connectivity index (χ4n) is 1.21. The topological polar surface area (TPSA) is 72.2 Å². The van der Waals surface area contributed by atoms with Gasteiger partial charge in [0.05, 0.1) is 4.92 Å². The van der Waals surface area contributed by atoms with Gasteiger partial charge in [-0.25, -0.2) is 0 Å². The number of nitro benzene ring substituents is 1. The Balaban J connectivity index is 2.60. The molecule has 0 saturated carbocycles. The van der Waals surface area contributed by atoms with Crippen LogP contribution in [0.25, 0.3) is 0 Å². The van der Waals surface area contributed by atoms with Crippen molar-refractivity contribution in [3.63, 3.8) is 0 Å². The summed E-state index contributed by atoms with van der Waals surface area (Å²) in [5.41, 5.74) is 0.705. The minimum Gasteiger partial charge on any atom is -0.352 e. The van der Waals surface area contributed by atoms with Crippen molar-refractivity contribution >= 4 is 23.2 Å². The SMILES string of the molecule is CC(CCl)C(=O)NCc1cccc([N+](=O)[O-])c1. The number of amides is 1. The number of nitro groups is 1. The van der Waals surface area contributed by atoms with Crippen molar-refractivity contribution in [3.05, 3.63) is 39.9 Å². The Morgan fingerprint density at radius 2 is 2.29 bits per heavy atom. The van der Waals surface area contributed by atoms with Crippen molar-refractivity contribution in [1.82, 2.24) is 5.32 Å². The fourth-order valence-corrected chi connectivity index (χ4v) is 1.35. The molecular weight excluding hydrogens is 244 g/mol. The highest BCUT2D eigenvalue weighted by Crippen LogP contribution is 2.12. The third-order valence-corrected chi connectivity index (χ3v) is 2.73. The summed E-state index contributed by atoms with van der Waals surface area (Å²) >= 11 is 5.55. The molecule has 1 N–H and O–H groups in total. The first-order valence-electron chi connectivity index (χ1n) is 5.11. The van der Waals surface area contributed by atoms with Gasteiger partial charge in [0.1, 0.15) is 0 Å². The van der Waals surface area contributed by atoms with E-state index in [1.54, 1.807) is 19.1 Å². The number of carbonyl (C=O) groups is 1. The lowest BCUT2D eigenvalue weighted by molar-refractivity contribution is -0.384. The van der Waals surface area contributed by atoms with Gasteiger partial charge in [-0.3, -0.25) is 14.9 Å². The van der Waals surface area contributed by atoms with Gasteiger partial charge in [0.15, 0.2) is 0 Å². The lowest BCUT2D eigenvalue weighted by Crippen LogP contribution is -2.29. The molecule has 1 atom stereocenters. The molecule has 1 aromatic carbocycles. The zero-order chi connectivity index (χ0) is 12.8. The highest BCUT2D eigenvalue weighted by Gasteiger charge is 2.11. The van der Waals surface area contributed by atoms with Gasteiger partial charge in [0, 0.05) is 30.5 Å². The number of halogens is 1. The van der Waals surface area contributed by atoms with Gasteiger partial charge in [0.2, 0.25) is 5.91 Å². The first-order chi connectivity index (χ1) is 8.04. The smallest absolute Gasteiger partial charge is 0.269 e. The van der Waals surface area contributed by atoms with Crippen LogP contribution in [0.15, 0.2) is 24.3 Å². The molecule has 0 aliphatic rings. The molecule has 0 saturated heterocycles. The first kappa shape index (κ1) is 13.4. The molecular formula is C11H13ClN2O3. The van der Waals surface area contributed by atoms with Crippen LogP contribution < -0.4 is 5.32 Å². The fraction of sp³-hybridized carbons (Fsp3) is 0.364. The van der Waals surface area contributed by atoms with E-state index < -0.39 is 4.92 Å². The summed E-state index contributed by atoms with van der Waals surface area (Å²) in [6, 6.07) is 6.15. The summed E-state index contributed by atoms with van der Waals surface area (Å²) in [4.78, 5) is 21.5. The Morgan fingerprint density at radius 3 is 2.88 bits per heavy atom. The molecule has 0 bridgehead atoms. The van der Waals surface area contributed by atoms with Crippen LogP contribution in [0.4, 0.5) is 5.69 Å². The number of nitrogens with one attached hydrogen (secondary N) is 1. The van der Waals surface area contributed by atoms with Crippen molar-refractivity contribution < 1.29 is 9.72 Å². The zero-order valence-electron chi connectivity index (χ0n) is 9.35. The number of rotatable bonds is 5. The van der Waals surface area contributed by atoms with E-state index in [1.165, 1.54) is 12.1 Å². The molecule has 5 nitrogen and oxygen atoms in total. The molecule has 0 fully saturated rings. The highest BCUT2D eigenvalue weighted by atomic mass is 35.5. The van der Waals surface area contributed by atoms with Crippen LogP contribution in [0.2, 0.25) is 0 Å². The Bertz CT molecular complexity index is 423. The van der Waals surface area contributed by atoms with E-state index in [1.807, 2.05) is 0 Å². The molecule has 0 radical (unpaired) electrons. The summed E-state index contributed by atoms with van der Waals surface area (Å²) in [6.45, 7) is 1.98. The zero-order valence-corrected chi connectivity index (χ0v) is 10.1. The number of nitrogens with zero attached hydrogens (tertiary/aromatic N) is 1. The van der Waals surface area contributed by atoms with E-state index in [0.717, 1.165) is 0 Å². The van der Waals surface area contributed by atoms with Gasteiger partial charge in [-0.05, 0) is 5.56 Å². The van der Waals surface area contributed by atoms with Crippen LogP contribution in [0.3, 0.4) is 0 Å². The van der Waals surface area contributed by atoms with E-state index in [-0.39, 0.29) is 29.9 Å². The maximum Gasteiger partial charge on any atom is 0.269 e. The predicted octanol–water partition coefficient (Wildman–Crippen LogP) is 2.09. The Kier molecular flexibility index (Phi) is 4.90. The van der Waals surface area contributed by atoms with Gasteiger partial charge in [-0.1, -0.05) is 19.1 Å². The van der Waals surface area contributed by atoms with Crippen LogP contribution in [-0.2, 0) is 11.3 Å². The largest absolute Gasteiger partial charge is 0.352 e. The molecule has 1 unspecified atom stereocenters. The van der Waals surface area contributed by atoms with E-state index in [0.29, 0.717) is 5.56 Å². The molecule has 6 heteroatoms. The molecule has 92 valence electrons. The van der Waals surface area contributed by atoms with Gasteiger partial charge < -0.3 is 5.32 Å². The molecule has 0 aliphatic carbocycles. The lowest BCUT2D eigenvalue weighted by atomic mass is 10.1. The van der Waals surface area contributed by atoms with Gasteiger partial charge in [-0.15, -0.1) is 11.6 Å². The van der Waals surface area contributed by atoms with Crippen molar-refractivity contribution in [1.29, 1.82) is 0 Å². The predicted molar refractivity (Wildman–Crippen MR) is 64.8 cm³/mol. The van der Waals surface area contributed by atoms with Crippen molar-refractivity contribution in [2.75, 3.05) is 5.88 Å². The van der Waals surface area contributed by atoms with Gasteiger partial charge in [-0.2, -0.15) is 0 Å². The Morgan fingerprint density at radius 1 is 1.59 bits per heavy atom. The molecule has 0 spiro atoms. The number of non-ortho nitro benzene ring substituents is 1. The summed E-state index contributed by atoms with van der Waals surface area (Å²) < 4.78 is 0. The van der Waals surface area contributed by atoms with E-state index >= 15 is 0 Å². The molecule has 1 rings (SSSR count). The van der Waals surface area contributed by atoms with E-state index in [9.17, 15) is 14.9 Å². The normalized spacial score (nSPS) is 11.9. The first-order valence-corrected chi connectivity index (χ1v) is 5.65. The van der Waals surface area contributed by atoms with Gasteiger partial charge >= 0.3 is 0 Å². The minimum atomic E-state index is -0.466. The van der Waals surface area contributed by atoms with E-state index in [4.69, 9.17) is 11.6 Å². The molecule has 0 aliphatic heterocycles. The second-order valence-corrected chi connectivity index (χ2v) is 4.01. The minimum absolute atomic E-state index is 0.0159. The summed E-state index contributed by atoms with van der Waals surface area (Å²) in [7, 11) is 0. The number of hydrogen-bond acceptors (Lipinski definition) is 3. The third-order valence-electron chi connectivity index (χ3n) is 2.27. The number of benzene rings is 1. The maximum atomic E-state index is 11.4. The van der Waals surface area contributed by atoms with Crippen LogP contribution in [0.1, 0.15) is 12.5 Å². The average molecular weight is 257 g/mol. The second kappa shape index (κ2) is 6.20. The van der Waals surface area contributed by atoms with Gasteiger partial charge in [0.25, 0.3) is 5.69 Å². The quantitative estimate of drug-likeness (QED) is 0.498. The summed E-state index contributed by atoms with van der Waals surface area (Å²) in [6.07, 6.45) is 0.